The van der Waals surface area contributed by atoms with Crippen LogP contribution in [0.1, 0.15) is 48.5 Å². The van der Waals surface area contributed by atoms with E-state index in [1.165, 1.54) is 13.8 Å². The molecule has 66 heteroatoms. The van der Waals surface area contributed by atoms with Gasteiger partial charge in [0, 0.05) is 27.7 Å². The molecule has 12 aliphatic rings. The Kier molecular flexibility index (Phi) is 42.5. The van der Waals surface area contributed by atoms with Gasteiger partial charge in [0.1, 0.15) is 274 Å². The van der Waals surface area contributed by atoms with E-state index in [4.69, 9.17) is 113 Å². The lowest BCUT2D eigenvalue weighted by Gasteiger charge is -2.53. The molecule has 0 radical (unpaired) electrons. The predicted octanol–water partition coefficient (Wildman–Crippen LogP) is -23.7. The Morgan fingerprint density at radius 3 is 0.904 bits per heavy atom. The predicted molar refractivity (Wildman–Crippen MR) is 448 cm³/mol. The fraction of sp³-hybridized carbons (Fsp3) is 0.950. The fourth-order valence-corrected chi connectivity index (χ4v) is 19.1. The molecule has 60 atom stereocenters. The Bertz CT molecular complexity index is 4220. The van der Waals surface area contributed by atoms with Crippen LogP contribution in [0, 0.1) is 0 Å². The van der Waals surface area contributed by atoms with E-state index in [9.17, 15) is 185 Å². The van der Waals surface area contributed by atoms with Crippen LogP contribution >= 0.6 is 0 Å². The van der Waals surface area contributed by atoms with Crippen LogP contribution < -0.4 is 21.3 Å². The molecule has 4 amide bonds. The number of rotatable bonds is 37. The van der Waals surface area contributed by atoms with E-state index in [1.54, 1.807) is 0 Å². The highest BCUT2D eigenvalue weighted by molar-refractivity contribution is 7.80. The average molecular weight is 2160 g/mol. The number of carbonyl (C=O) groups excluding carboxylic acids is 4. The summed E-state index contributed by atoms with van der Waals surface area (Å²) in [6.07, 6.45) is -125. The number of hydrogen-bond donors (Lipinski definition) is 35. The summed E-state index contributed by atoms with van der Waals surface area (Å²) in [4.78, 5) is 54.0. The van der Waals surface area contributed by atoms with Gasteiger partial charge in [-0.3, -0.25) is 23.7 Å². The lowest BCUT2D eigenvalue weighted by molar-refractivity contribution is -0.412. The Hall–Kier alpha value is -4.37. The maximum Gasteiger partial charge on any atom is 0.397 e. The molecule has 146 heavy (non-hydrogen) atoms. The van der Waals surface area contributed by atoms with Crippen LogP contribution in [-0.2, 0) is 143 Å². The molecule has 35 N–H and O–H groups in total. The van der Waals surface area contributed by atoms with E-state index in [2.05, 4.69) is 21.3 Å². The first kappa shape index (κ1) is 120. The smallest absolute Gasteiger partial charge is 0.394 e. The quantitative estimate of drug-likeness (QED) is 0.0257. The van der Waals surface area contributed by atoms with Crippen LogP contribution in [0.3, 0.4) is 0 Å². The SMILES string of the molecule is CC(=O)N[C@@H]1[C@@H](O)[C@H](O[C@@H]2O[C@H](CO)[C@@H](O[C@@H]3O[C@H](CO[C@H]4O[C@H](CO)[C@@H](O)[C@H](O)[C@@H]4O)[C@@H](O)[C@H](O[C@H]4O[C@H](CO)[C@@H](O[C@@H]5O[C@H](CO)[C@@H](O[C@@H]6O[C@H](CO)[C@H](O)[C@H](O)[C@H]6O)[C@H](O[C@@H]6O[C@@H](C)[C@@H](O)[C@@H](O)[C@@H]6O)[C@H]5NC(C)=O)[C@H](O)[C@@H]4O[C@@H]4O[C@H](COS(=O)(=O)O)[C@@H](O[C@@H]5O[C@H](CO)[C@H](O)[C@H](O)[C@H]5O)[C@H](O[C@@H]5O[C@@H](C)[C@@H](O)[C@@H](O)[C@@H]5O)[C@H]4NC(C)=O)[C@@H]3O)[C@H](O)[C@H]2NC(C)=O)[C@@H](CO[C@@H]2O[C@@H](C)[C@@H](O)[C@@H](O)[C@@H]2O)O[C@H]1O. The number of ether oxygens (including phenoxy) is 23. The van der Waals surface area contributed by atoms with Crippen molar-refractivity contribution in [1.82, 2.24) is 21.3 Å². The minimum Gasteiger partial charge on any atom is -0.394 e. The second-order valence-electron chi connectivity index (χ2n) is 37.1. The standard InChI is InChI=1S/C80H134N4O61S/c1-17-37(95)46(104)52(110)73(125-17)123-15-31-62(44(102)33(69(118)128-31)81-20(4)91)138-70-34(82-21(5)92)45(103)60(27(11-88)132-70)139-79-59(117)67(43(101)30(135-79)14-122-74-53(111)49(107)40(98)24(8-85)129-74)144-80-68(145-72-36(84-23(7)94)66(143-76-55(113)48(106)39(97)19(3)127-76)64(32(136-72)16-124-146(119,120)121)141-78-57(115)51(109)42(100)26(10-87)131-78)58(116)61(28(12-89)134-80)137-71-35(83-22(6)93)65(142-75-54(112)47(105)38(96)18(2)126-75)63(29(13-90)133-71)140-77-56(114)50(108)41(99)25(9-86)130-77/h17-19,24-80,85-90,95-118H,8-16H2,1-7H3,(H,81,91)(H,82,92)(H,83,93)(H,84,94)(H,119,120,121)/t17-,18-,19-,24+,25+,26+,27+,28+,29+,30+,31+,32+,33+,34+,35+,36+,37+,38+,39+,40+,41-,42-,43+,44+,45+,46+,47+,48+,49-,50-,51-,52-,53-,54-,55-,56+,57+,58-,59-,60+,61+,62+,63+,64+,65+,66+,67-,68-,69+,70-,71-,72-,73+,74-,75-,76-,77-,78-,79-,80+/m0/s1. The minimum absolute atomic E-state index is 0.771. The van der Waals surface area contributed by atoms with Crippen molar-refractivity contribution in [2.24, 2.45) is 0 Å². The number of hydrogen-bond acceptors (Lipinski definition) is 60. The van der Waals surface area contributed by atoms with E-state index in [1.807, 2.05) is 0 Å². The maximum atomic E-state index is 14.1. The van der Waals surface area contributed by atoms with Crippen molar-refractivity contribution in [2.45, 2.75) is 417 Å². The molecular formula is C80H134N4O61S. The third-order valence-corrected chi connectivity index (χ3v) is 27.2. The summed E-state index contributed by atoms with van der Waals surface area (Å²) in [7, 11) is -5.80. The number of carbonyl (C=O) groups is 4. The van der Waals surface area contributed by atoms with E-state index in [0.29, 0.717) is 0 Å². The first-order valence-electron chi connectivity index (χ1n) is 46.4. The number of nitrogens with one attached hydrogen (secondary N) is 4. The van der Waals surface area contributed by atoms with Gasteiger partial charge in [-0.1, -0.05) is 0 Å². The third kappa shape index (κ3) is 26.9. The van der Waals surface area contributed by atoms with Gasteiger partial charge in [-0.2, -0.15) is 8.42 Å². The summed E-state index contributed by atoms with van der Waals surface area (Å²) < 4.78 is 181. The Labute approximate surface area is 827 Å². The second kappa shape index (κ2) is 51.5. The Balaban J connectivity index is 0.980. The third-order valence-electron chi connectivity index (χ3n) is 26.8. The topological polar surface area (TPSA) is 999 Å². The van der Waals surface area contributed by atoms with E-state index in [-0.39, 0.29) is 0 Å². The van der Waals surface area contributed by atoms with Crippen molar-refractivity contribution in [3.8, 4) is 0 Å². The lowest BCUT2D eigenvalue weighted by Crippen LogP contribution is -2.72. The highest BCUT2D eigenvalue weighted by atomic mass is 32.3. The van der Waals surface area contributed by atoms with E-state index >= 15 is 0 Å². The van der Waals surface area contributed by atoms with Gasteiger partial charge >= 0.3 is 10.4 Å². The highest BCUT2D eigenvalue weighted by Gasteiger charge is 2.65. The summed E-state index contributed by atoms with van der Waals surface area (Å²) >= 11 is 0. The zero-order valence-corrected chi connectivity index (χ0v) is 79.3. The van der Waals surface area contributed by atoms with Gasteiger partial charge in [-0.15, -0.1) is 0 Å². The molecule has 0 saturated carbocycles. The molecule has 12 heterocycles. The van der Waals surface area contributed by atoms with E-state index < -0.39 is 462 Å². The zero-order valence-electron chi connectivity index (χ0n) is 78.5. The molecule has 12 aliphatic heterocycles. The minimum atomic E-state index is -5.80. The van der Waals surface area contributed by atoms with Crippen molar-refractivity contribution in [3.05, 3.63) is 0 Å². The van der Waals surface area contributed by atoms with Crippen LogP contribution in [0.4, 0.5) is 0 Å². The van der Waals surface area contributed by atoms with Crippen molar-refractivity contribution >= 4 is 34.0 Å². The summed E-state index contributed by atoms with van der Waals surface area (Å²) in [5, 5.41) is 350. The molecule has 0 unspecified atom stereocenters. The number of aliphatic hydroxyl groups is 30. The molecule has 0 bridgehead atoms. The maximum absolute atomic E-state index is 14.1. The zero-order chi connectivity index (χ0) is 108. The van der Waals surface area contributed by atoms with Crippen molar-refractivity contribution < 1.29 is 298 Å². The van der Waals surface area contributed by atoms with Crippen molar-refractivity contribution in [3.63, 3.8) is 0 Å². The molecule has 0 aliphatic carbocycles. The molecule has 65 nitrogen and oxygen atoms in total. The lowest BCUT2D eigenvalue weighted by atomic mass is 9.93. The van der Waals surface area contributed by atoms with Crippen LogP contribution in [-0.4, -0.2) is 617 Å². The summed E-state index contributed by atoms with van der Waals surface area (Å²) in [5.41, 5.74) is 0. The molecule has 0 aromatic carbocycles. The average Bonchev–Trinajstić information content (AvgIpc) is 0.750. The van der Waals surface area contributed by atoms with Crippen molar-refractivity contribution in [2.75, 3.05) is 59.5 Å². The summed E-state index contributed by atoms with van der Waals surface area (Å²) in [6.45, 7) is -4.44. The van der Waals surface area contributed by atoms with Gasteiger partial charge in [0.2, 0.25) is 23.6 Å². The molecule has 0 aromatic heterocycles. The van der Waals surface area contributed by atoms with Crippen molar-refractivity contribution in [1.29, 1.82) is 0 Å². The number of amides is 4. The fourth-order valence-electron chi connectivity index (χ4n) is 18.8. The van der Waals surface area contributed by atoms with Gasteiger partial charge < -0.3 is 283 Å². The Morgan fingerprint density at radius 2 is 0.486 bits per heavy atom. The molecule has 12 rings (SSSR count). The molecule has 0 aromatic rings. The first-order valence-corrected chi connectivity index (χ1v) is 47.8. The summed E-state index contributed by atoms with van der Waals surface area (Å²) in [5.74, 6) is -4.32. The number of aliphatic hydroxyl groups excluding tert-OH is 30. The van der Waals surface area contributed by atoms with Gasteiger partial charge in [0.05, 0.1) is 77.8 Å². The monoisotopic (exact) mass is 2160 g/mol. The highest BCUT2D eigenvalue weighted by Crippen LogP contribution is 2.44. The van der Waals surface area contributed by atoms with Crippen LogP contribution in [0.5, 0.6) is 0 Å². The first-order chi connectivity index (χ1) is 68.7. The second-order valence-corrected chi connectivity index (χ2v) is 38.2. The van der Waals surface area contributed by atoms with Crippen LogP contribution in [0.2, 0.25) is 0 Å². The van der Waals surface area contributed by atoms with Crippen LogP contribution in [0.15, 0.2) is 0 Å². The van der Waals surface area contributed by atoms with Gasteiger partial charge in [0.25, 0.3) is 0 Å². The largest absolute Gasteiger partial charge is 0.397 e. The van der Waals surface area contributed by atoms with Gasteiger partial charge in [-0.05, 0) is 20.8 Å². The normalized spacial score (nSPS) is 50.0. The molecular weight excluding hydrogens is 2020 g/mol. The molecule has 846 valence electrons. The van der Waals surface area contributed by atoms with Gasteiger partial charge in [-0.25, -0.2) is 4.18 Å². The Morgan fingerprint density at radius 1 is 0.226 bits per heavy atom. The van der Waals surface area contributed by atoms with Crippen LogP contribution in [0.25, 0.3) is 0 Å². The molecule has 0 spiro atoms. The molecule has 12 saturated heterocycles. The molecule has 12 fully saturated rings. The summed E-state index contributed by atoms with van der Waals surface area (Å²) in [6, 6.07) is -8.61. The van der Waals surface area contributed by atoms with E-state index in [0.717, 1.165) is 34.6 Å². The van der Waals surface area contributed by atoms with Gasteiger partial charge in [0.15, 0.2) is 75.5 Å².